The molecule has 1 unspecified atom stereocenters. The van der Waals surface area contributed by atoms with Gasteiger partial charge in [-0.15, -0.1) is 5.54 Å². The quantitative estimate of drug-likeness (QED) is 0.485. The molecule has 0 N–H and O–H groups in total. The normalized spacial score (nSPS) is 20.9. The van der Waals surface area contributed by atoms with Crippen molar-refractivity contribution in [3.63, 3.8) is 0 Å². The van der Waals surface area contributed by atoms with Crippen LogP contribution in [-0.2, 0) is 17.0 Å². The molecular formula is C20H29Cl2NSiTi-. The molecule has 0 aromatic heterocycles. The van der Waals surface area contributed by atoms with Gasteiger partial charge in [-0.3, -0.25) is 0 Å². The van der Waals surface area contributed by atoms with Crippen LogP contribution in [0, 0.1) is 29.2 Å². The molecule has 1 aromatic carbocycles. The van der Waals surface area contributed by atoms with Crippen LogP contribution in [0.15, 0.2) is 30.3 Å². The number of hydrogen-bond donors (Lipinski definition) is 0. The Labute approximate surface area is 173 Å². The molecule has 137 valence electrons. The molecule has 0 amide bonds. The van der Waals surface area contributed by atoms with Gasteiger partial charge in [0.15, 0.2) is 0 Å². The van der Waals surface area contributed by atoms with E-state index in [-0.39, 0.29) is 5.54 Å². The summed E-state index contributed by atoms with van der Waals surface area (Å²) in [6.45, 7) is 18.1. The van der Waals surface area contributed by atoms with Crippen molar-refractivity contribution >= 4 is 32.0 Å². The number of benzene rings is 1. The van der Waals surface area contributed by atoms with E-state index < -0.39 is 25.3 Å². The fourth-order valence-corrected chi connectivity index (χ4v) is 8.20. The summed E-state index contributed by atoms with van der Waals surface area (Å²) in [6, 6.07) is 10.9. The second-order valence-corrected chi connectivity index (χ2v) is 13.7. The minimum atomic E-state index is -2.11. The van der Waals surface area contributed by atoms with E-state index in [4.69, 9.17) is 23.6 Å². The molecule has 0 aliphatic heterocycles. The molecule has 1 fully saturated rings. The van der Waals surface area contributed by atoms with Crippen molar-refractivity contribution in [1.29, 1.82) is 0 Å². The summed E-state index contributed by atoms with van der Waals surface area (Å²) in [4.78, 5) is 5.40. The summed E-state index contributed by atoms with van der Waals surface area (Å²) in [5.41, 5.74) is 1.48. The molecule has 1 atom stereocenters. The Morgan fingerprint density at radius 2 is 1.24 bits per heavy atom. The third-order valence-electron chi connectivity index (χ3n) is 4.82. The van der Waals surface area contributed by atoms with E-state index in [1.807, 2.05) is 0 Å². The molecule has 0 bridgehead atoms. The predicted molar refractivity (Wildman–Crippen MR) is 111 cm³/mol. The maximum absolute atomic E-state index is 5.40. The van der Waals surface area contributed by atoms with Crippen molar-refractivity contribution in [2.75, 3.05) is 0 Å². The van der Waals surface area contributed by atoms with Gasteiger partial charge in [-0.05, 0) is 37.4 Å². The predicted octanol–water partition coefficient (Wildman–Crippen LogP) is 6.52. The van der Waals surface area contributed by atoms with Gasteiger partial charge in [0.2, 0.25) is 0 Å². The molecule has 25 heavy (non-hydrogen) atoms. The van der Waals surface area contributed by atoms with Crippen molar-refractivity contribution in [3.05, 3.63) is 64.5 Å². The molecule has 1 aromatic rings. The van der Waals surface area contributed by atoms with E-state index in [9.17, 15) is 0 Å². The van der Waals surface area contributed by atoms with E-state index >= 15 is 0 Å². The first-order valence-corrected chi connectivity index (χ1v) is 15.2. The van der Waals surface area contributed by atoms with Crippen LogP contribution in [0.2, 0.25) is 6.55 Å². The summed E-state index contributed by atoms with van der Waals surface area (Å²) < 4.78 is 0. The van der Waals surface area contributed by atoms with Gasteiger partial charge in [-0.25, -0.2) is 0 Å². The number of halogens is 2. The average molecular weight is 430 g/mol. The van der Waals surface area contributed by atoms with Gasteiger partial charge in [-0.1, -0.05) is 90.5 Å². The van der Waals surface area contributed by atoms with Crippen molar-refractivity contribution in [2.24, 2.45) is 0 Å². The zero-order valence-corrected chi connectivity index (χ0v) is 20.7. The fraction of sp³-hybridized carbons (Fsp3) is 0.450. The first kappa shape index (κ1) is 23.7. The van der Waals surface area contributed by atoms with Crippen LogP contribution in [0.5, 0.6) is 0 Å². The molecule has 1 aliphatic carbocycles. The Balaban J connectivity index is 0.000000970. The SMILES string of the molecule is C[C]1[C](C)[C](C)[C]([Si](C)([N-]C(C)(C)C)c2ccccc2)[C]1C.[Cl][Ti][Cl]. The molecule has 5 heteroatoms. The van der Waals surface area contributed by atoms with Crippen molar-refractivity contribution < 1.29 is 17.0 Å². The Hall–Kier alpha value is 0.691. The minimum absolute atomic E-state index is 0.0330. The number of nitrogens with zero attached hydrogens (tertiary/aromatic N) is 1. The van der Waals surface area contributed by atoms with Gasteiger partial charge in [0, 0.05) is 0 Å². The number of hydrogen-bond acceptors (Lipinski definition) is 0. The summed E-state index contributed by atoms with van der Waals surface area (Å²) in [6.07, 6.45) is 0. The van der Waals surface area contributed by atoms with E-state index in [2.05, 4.69) is 85.3 Å². The van der Waals surface area contributed by atoms with Crippen LogP contribution < -0.4 is 5.19 Å². The van der Waals surface area contributed by atoms with E-state index in [0.717, 1.165) is 0 Å². The third kappa shape index (κ3) is 5.83. The van der Waals surface area contributed by atoms with Crippen LogP contribution in [0.3, 0.4) is 0 Å². The average Bonchev–Trinajstić information content (AvgIpc) is 2.71. The molecule has 5 radical (unpaired) electrons. The summed E-state index contributed by atoms with van der Waals surface area (Å²) in [5.74, 6) is 5.76. The zero-order chi connectivity index (χ0) is 19.4. The molecule has 1 aliphatic rings. The molecule has 0 saturated heterocycles. The Morgan fingerprint density at radius 3 is 1.60 bits per heavy atom. The van der Waals surface area contributed by atoms with Gasteiger partial charge < -0.3 is 4.98 Å². The molecule has 0 heterocycles. The maximum atomic E-state index is 5.40. The van der Waals surface area contributed by atoms with Gasteiger partial charge in [0.1, 0.15) is 0 Å². The first-order chi connectivity index (χ1) is 11.5. The standard InChI is InChI=1S/C20H29NSi.2ClH.Ti/c1-14-15(2)17(4)19(16(14)3)22(8,21-20(5,6)7)18-12-10-9-11-13-18;;;/h9-13H,1-8H3;2*1H;/q-1;;;+2/p-2. The van der Waals surface area contributed by atoms with E-state index in [1.165, 1.54) is 34.4 Å². The monoisotopic (exact) mass is 429 g/mol. The molecule has 0 spiro atoms. The second-order valence-electron chi connectivity index (χ2n) is 7.67. The Bertz CT molecular complexity index is 508. The number of rotatable bonds is 3. The molecular weight excluding hydrogens is 401 g/mol. The zero-order valence-electron chi connectivity index (χ0n) is 16.6. The van der Waals surface area contributed by atoms with E-state index in [0.29, 0.717) is 0 Å². The van der Waals surface area contributed by atoms with Crippen LogP contribution in [-0.4, -0.2) is 13.8 Å². The molecule has 1 nitrogen and oxygen atoms in total. The van der Waals surface area contributed by atoms with Crippen molar-refractivity contribution in [2.45, 2.75) is 60.6 Å². The third-order valence-corrected chi connectivity index (χ3v) is 9.12. The van der Waals surface area contributed by atoms with Crippen LogP contribution in [0.1, 0.15) is 48.5 Å². The van der Waals surface area contributed by atoms with Crippen molar-refractivity contribution in [1.82, 2.24) is 0 Å². The first-order valence-electron chi connectivity index (χ1n) is 8.49. The molecule has 1 saturated carbocycles. The van der Waals surface area contributed by atoms with Gasteiger partial charge in [0.05, 0.1) is 0 Å². The van der Waals surface area contributed by atoms with Crippen molar-refractivity contribution in [3.8, 4) is 0 Å². The van der Waals surface area contributed by atoms with Crippen LogP contribution in [0.4, 0.5) is 0 Å². The van der Waals surface area contributed by atoms with Gasteiger partial charge >= 0.3 is 35.6 Å². The Morgan fingerprint density at radius 1 is 0.840 bits per heavy atom. The van der Waals surface area contributed by atoms with Gasteiger partial charge in [0.25, 0.3) is 0 Å². The fourth-order valence-electron chi connectivity index (χ4n) is 3.65. The topological polar surface area (TPSA) is 14.1 Å². The summed E-state index contributed by atoms with van der Waals surface area (Å²) in [7, 11) is 7.67. The van der Waals surface area contributed by atoms with Crippen LogP contribution >= 0.6 is 18.6 Å². The van der Waals surface area contributed by atoms with E-state index in [1.54, 1.807) is 0 Å². The Kier molecular flexibility index (Phi) is 9.26. The molecule has 2 rings (SSSR count). The van der Waals surface area contributed by atoms with Crippen LogP contribution in [0.25, 0.3) is 4.98 Å². The summed E-state index contributed by atoms with van der Waals surface area (Å²) >= 11 is -0.556. The van der Waals surface area contributed by atoms with Gasteiger partial charge in [-0.2, -0.15) is 0 Å². The summed E-state index contributed by atoms with van der Waals surface area (Å²) in [5, 5.41) is 1.40. The second kappa shape index (κ2) is 9.76.